The normalized spacial score (nSPS) is 26.4. The van der Waals surface area contributed by atoms with Crippen LogP contribution in [-0.4, -0.2) is 77.1 Å². The molecular weight excluding hydrogens is 354 g/mol. The second-order valence-corrected chi connectivity index (χ2v) is 8.93. The first-order valence-corrected chi connectivity index (χ1v) is 10.7. The molecule has 28 heavy (non-hydrogen) atoms. The van der Waals surface area contributed by atoms with E-state index in [4.69, 9.17) is 4.74 Å². The van der Waals surface area contributed by atoms with Crippen molar-refractivity contribution in [2.24, 2.45) is 5.92 Å². The van der Waals surface area contributed by atoms with Crippen LogP contribution in [0.2, 0.25) is 0 Å². The number of nitrogens with zero attached hydrogens (tertiary/aromatic N) is 4. The summed E-state index contributed by atoms with van der Waals surface area (Å²) in [6, 6.07) is 0.290. The monoisotopic (exact) mass is 387 g/mol. The molecule has 3 atom stereocenters. The number of amides is 1. The van der Waals surface area contributed by atoms with Gasteiger partial charge in [0.1, 0.15) is 6.10 Å². The maximum absolute atomic E-state index is 12.9. The van der Waals surface area contributed by atoms with Crippen LogP contribution in [0.4, 0.5) is 0 Å². The summed E-state index contributed by atoms with van der Waals surface area (Å²) in [6.45, 7) is 7.74. The van der Waals surface area contributed by atoms with Gasteiger partial charge in [-0.2, -0.15) is 0 Å². The van der Waals surface area contributed by atoms with E-state index in [-0.39, 0.29) is 18.1 Å². The predicted octanol–water partition coefficient (Wildman–Crippen LogP) is 1.65. The van der Waals surface area contributed by atoms with Crippen LogP contribution < -0.4 is 10.1 Å². The van der Waals surface area contributed by atoms with Crippen LogP contribution in [0.1, 0.15) is 51.1 Å². The second kappa shape index (κ2) is 8.33. The lowest BCUT2D eigenvalue weighted by Crippen LogP contribution is -2.56. The van der Waals surface area contributed by atoms with Crippen LogP contribution in [0, 0.1) is 5.92 Å². The molecule has 3 aliphatic rings. The van der Waals surface area contributed by atoms with Crippen LogP contribution in [0.3, 0.4) is 0 Å². The zero-order chi connectivity index (χ0) is 19.7. The van der Waals surface area contributed by atoms with E-state index in [0.29, 0.717) is 23.8 Å². The Labute approximate surface area is 167 Å². The van der Waals surface area contributed by atoms with Crippen molar-refractivity contribution in [1.82, 2.24) is 25.1 Å². The van der Waals surface area contributed by atoms with Gasteiger partial charge in [-0.05, 0) is 32.2 Å². The fourth-order valence-electron chi connectivity index (χ4n) is 4.46. The summed E-state index contributed by atoms with van der Waals surface area (Å²) in [5.74, 6) is 1.97. The van der Waals surface area contributed by atoms with Crippen LogP contribution >= 0.6 is 0 Å². The van der Waals surface area contributed by atoms with E-state index in [0.717, 1.165) is 44.7 Å². The molecule has 0 unspecified atom stereocenters. The van der Waals surface area contributed by atoms with Gasteiger partial charge in [-0.1, -0.05) is 13.8 Å². The first-order valence-electron chi connectivity index (χ1n) is 10.7. The number of likely N-dealkylation sites (N-methyl/N-ethyl adjacent to an activating group) is 1. The molecule has 154 valence electrons. The number of fused-ring (bicyclic) bond motifs is 1. The Kier molecular flexibility index (Phi) is 5.83. The summed E-state index contributed by atoms with van der Waals surface area (Å²) in [7, 11) is 1.89. The summed E-state index contributed by atoms with van der Waals surface area (Å²) in [5, 5.41) is 3.20. The molecule has 0 spiro atoms. The van der Waals surface area contributed by atoms with Crippen molar-refractivity contribution in [3.63, 3.8) is 0 Å². The SMILES string of the molecule is CN[C@H](CC(C)C)C(=O)N1CCN2C[C@H](Oc3cnc(C4CC4)cn3)C[C@H]2C1. The number of piperazine rings is 1. The molecular formula is C21H33N5O2. The van der Waals surface area contributed by atoms with E-state index in [1.807, 2.05) is 18.1 Å². The first kappa shape index (κ1) is 19.6. The van der Waals surface area contributed by atoms with Gasteiger partial charge in [0, 0.05) is 44.6 Å². The second-order valence-electron chi connectivity index (χ2n) is 8.93. The number of aromatic nitrogens is 2. The summed E-state index contributed by atoms with van der Waals surface area (Å²) in [4.78, 5) is 26.4. The molecule has 1 aromatic rings. The van der Waals surface area contributed by atoms with Crippen molar-refractivity contribution in [3.05, 3.63) is 18.1 Å². The Morgan fingerprint density at radius 2 is 2.07 bits per heavy atom. The number of hydrogen-bond donors (Lipinski definition) is 1. The number of carbonyl (C=O) groups excluding carboxylic acids is 1. The lowest BCUT2D eigenvalue weighted by molar-refractivity contribution is -0.136. The summed E-state index contributed by atoms with van der Waals surface area (Å²) < 4.78 is 6.11. The van der Waals surface area contributed by atoms with Crippen molar-refractivity contribution in [2.45, 2.75) is 63.6 Å². The van der Waals surface area contributed by atoms with Gasteiger partial charge in [0.15, 0.2) is 0 Å². The summed E-state index contributed by atoms with van der Waals surface area (Å²) in [6.07, 6.45) is 8.03. The largest absolute Gasteiger partial charge is 0.472 e. The highest BCUT2D eigenvalue weighted by molar-refractivity contribution is 5.82. The zero-order valence-corrected chi connectivity index (χ0v) is 17.3. The maximum atomic E-state index is 12.9. The van der Waals surface area contributed by atoms with E-state index in [2.05, 4.69) is 34.0 Å². The predicted molar refractivity (Wildman–Crippen MR) is 107 cm³/mol. The number of carbonyl (C=O) groups is 1. The van der Waals surface area contributed by atoms with E-state index < -0.39 is 0 Å². The molecule has 7 nitrogen and oxygen atoms in total. The third kappa shape index (κ3) is 4.46. The quantitative estimate of drug-likeness (QED) is 0.767. The Morgan fingerprint density at radius 1 is 1.25 bits per heavy atom. The standard InChI is InChI=1S/C21H33N5O2/c1-14(2)8-18(22-3)21(27)26-7-6-25-13-17(9-16(25)12-26)28-20-11-23-19(10-24-20)15-4-5-15/h10-11,14-18,22H,4-9,12-13H2,1-3H3/t16-,17+,18+/m0/s1. The van der Waals surface area contributed by atoms with Crippen LogP contribution in [-0.2, 0) is 4.79 Å². The molecule has 1 aliphatic carbocycles. The van der Waals surface area contributed by atoms with Crippen molar-refractivity contribution in [1.29, 1.82) is 0 Å². The topological polar surface area (TPSA) is 70.6 Å². The third-order valence-electron chi connectivity index (χ3n) is 6.17. The molecule has 3 fully saturated rings. The van der Waals surface area contributed by atoms with E-state index in [1.54, 1.807) is 6.20 Å². The average Bonchev–Trinajstić information content (AvgIpc) is 3.45. The Hall–Kier alpha value is -1.73. The molecule has 0 bridgehead atoms. The number of rotatable bonds is 7. The van der Waals surface area contributed by atoms with Crippen molar-refractivity contribution >= 4 is 5.91 Å². The minimum Gasteiger partial charge on any atom is -0.472 e. The van der Waals surface area contributed by atoms with Crippen molar-refractivity contribution in [2.75, 3.05) is 33.2 Å². The Bertz CT molecular complexity index is 676. The third-order valence-corrected chi connectivity index (χ3v) is 6.17. The smallest absolute Gasteiger partial charge is 0.239 e. The van der Waals surface area contributed by atoms with Crippen LogP contribution in [0.15, 0.2) is 12.4 Å². The molecule has 0 radical (unpaired) electrons. The lowest BCUT2D eigenvalue weighted by Gasteiger charge is -2.38. The van der Waals surface area contributed by atoms with Gasteiger partial charge in [-0.15, -0.1) is 0 Å². The minimum absolute atomic E-state index is 0.0831. The molecule has 1 saturated carbocycles. The van der Waals surface area contributed by atoms with E-state index in [9.17, 15) is 4.79 Å². The van der Waals surface area contributed by atoms with Gasteiger partial charge < -0.3 is 15.0 Å². The van der Waals surface area contributed by atoms with Crippen LogP contribution in [0.5, 0.6) is 5.88 Å². The zero-order valence-electron chi connectivity index (χ0n) is 17.3. The molecule has 1 N–H and O–H groups in total. The minimum atomic E-state index is -0.0831. The lowest BCUT2D eigenvalue weighted by atomic mass is 10.0. The van der Waals surface area contributed by atoms with Crippen molar-refractivity contribution < 1.29 is 9.53 Å². The van der Waals surface area contributed by atoms with Crippen LogP contribution in [0.25, 0.3) is 0 Å². The molecule has 0 aromatic carbocycles. The fourth-order valence-corrected chi connectivity index (χ4v) is 4.46. The highest BCUT2D eigenvalue weighted by Gasteiger charge is 2.39. The Morgan fingerprint density at radius 3 is 2.71 bits per heavy atom. The number of ether oxygens (including phenoxy) is 1. The molecule has 3 heterocycles. The number of hydrogen-bond acceptors (Lipinski definition) is 6. The van der Waals surface area contributed by atoms with Gasteiger partial charge in [0.2, 0.25) is 11.8 Å². The molecule has 4 rings (SSSR count). The highest BCUT2D eigenvalue weighted by atomic mass is 16.5. The van der Waals surface area contributed by atoms with E-state index >= 15 is 0 Å². The van der Waals surface area contributed by atoms with Gasteiger partial charge >= 0.3 is 0 Å². The fraction of sp³-hybridized carbons (Fsp3) is 0.762. The van der Waals surface area contributed by atoms with E-state index in [1.165, 1.54) is 12.8 Å². The first-order chi connectivity index (χ1) is 13.5. The Balaban J connectivity index is 1.31. The van der Waals surface area contributed by atoms with Gasteiger partial charge in [0.05, 0.1) is 24.1 Å². The molecule has 1 amide bonds. The molecule has 1 aromatic heterocycles. The maximum Gasteiger partial charge on any atom is 0.239 e. The number of nitrogens with one attached hydrogen (secondary N) is 1. The van der Waals surface area contributed by atoms with Gasteiger partial charge in [-0.3, -0.25) is 14.7 Å². The molecule has 2 saturated heterocycles. The molecule has 7 heteroatoms. The summed E-state index contributed by atoms with van der Waals surface area (Å²) >= 11 is 0. The van der Waals surface area contributed by atoms with Gasteiger partial charge in [0.25, 0.3) is 0 Å². The van der Waals surface area contributed by atoms with Gasteiger partial charge in [-0.25, -0.2) is 4.98 Å². The molecule has 2 aliphatic heterocycles. The van der Waals surface area contributed by atoms with Crippen molar-refractivity contribution in [3.8, 4) is 5.88 Å². The summed E-state index contributed by atoms with van der Waals surface area (Å²) in [5.41, 5.74) is 1.09. The highest BCUT2D eigenvalue weighted by Crippen LogP contribution is 2.38. The average molecular weight is 388 g/mol.